The molecule has 0 saturated carbocycles. The van der Waals surface area contributed by atoms with Crippen LogP contribution < -0.4 is 10.5 Å². The van der Waals surface area contributed by atoms with Crippen molar-refractivity contribution in [3.63, 3.8) is 0 Å². The Bertz CT molecular complexity index is 778. The van der Waals surface area contributed by atoms with Gasteiger partial charge in [0.1, 0.15) is 11.6 Å². The predicted octanol–water partition coefficient (Wildman–Crippen LogP) is 3.15. The molecule has 0 aliphatic heterocycles. The summed E-state index contributed by atoms with van der Waals surface area (Å²) >= 11 is 3.19. The van der Waals surface area contributed by atoms with E-state index >= 15 is 0 Å². The Balaban J connectivity index is 2.45. The van der Waals surface area contributed by atoms with Crippen LogP contribution in [0.2, 0.25) is 0 Å². The lowest BCUT2D eigenvalue weighted by atomic mass is 10.2. The van der Waals surface area contributed by atoms with Crippen LogP contribution in [0.25, 0.3) is 0 Å². The summed E-state index contributed by atoms with van der Waals surface area (Å²) in [6.45, 7) is 0. The molecule has 0 aromatic heterocycles. The highest BCUT2D eigenvalue weighted by Crippen LogP contribution is 2.28. The van der Waals surface area contributed by atoms with Crippen LogP contribution in [0, 0.1) is 5.82 Å². The fourth-order valence-corrected chi connectivity index (χ4v) is 3.76. The van der Waals surface area contributed by atoms with Gasteiger partial charge in [-0.1, -0.05) is 15.9 Å². The van der Waals surface area contributed by atoms with Gasteiger partial charge in [-0.2, -0.15) is 0 Å². The van der Waals surface area contributed by atoms with Crippen LogP contribution >= 0.6 is 15.9 Å². The van der Waals surface area contributed by atoms with Gasteiger partial charge in [-0.3, -0.25) is 0 Å². The summed E-state index contributed by atoms with van der Waals surface area (Å²) in [5, 5.41) is 0. The number of sulfone groups is 1. The molecule has 2 aromatic rings. The van der Waals surface area contributed by atoms with Crippen molar-refractivity contribution in [2.75, 3.05) is 12.8 Å². The Morgan fingerprint density at radius 2 is 1.95 bits per heavy atom. The summed E-state index contributed by atoms with van der Waals surface area (Å²) in [5.41, 5.74) is 5.89. The summed E-state index contributed by atoms with van der Waals surface area (Å²) in [6.07, 6.45) is 0. The van der Waals surface area contributed by atoms with Crippen LogP contribution in [0.4, 0.5) is 10.1 Å². The molecule has 2 N–H and O–H groups in total. The highest BCUT2D eigenvalue weighted by molar-refractivity contribution is 9.10. The van der Waals surface area contributed by atoms with Gasteiger partial charge >= 0.3 is 0 Å². The lowest BCUT2D eigenvalue weighted by Gasteiger charge is -2.10. The first-order valence-corrected chi connectivity index (χ1v) is 8.38. The zero-order valence-corrected chi connectivity index (χ0v) is 13.5. The van der Waals surface area contributed by atoms with Gasteiger partial charge in [-0.15, -0.1) is 0 Å². The van der Waals surface area contributed by atoms with Crippen LogP contribution in [0.3, 0.4) is 0 Å². The topological polar surface area (TPSA) is 69.4 Å². The molecule has 112 valence electrons. The molecule has 0 bridgehead atoms. The average Bonchev–Trinajstić information content (AvgIpc) is 2.43. The molecule has 2 rings (SSSR count). The number of hydrogen-bond donors (Lipinski definition) is 1. The van der Waals surface area contributed by atoms with Crippen molar-refractivity contribution in [2.24, 2.45) is 0 Å². The van der Waals surface area contributed by atoms with Crippen molar-refractivity contribution in [3.8, 4) is 5.75 Å². The summed E-state index contributed by atoms with van der Waals surface area (Å²) in [5.74, 6) is -0.684. The highest BCUT2D eigenvalue weighted by Gasteiger charge is 2.21. The number of benzene rings is 2. The molecule has 0 aliphatic carbocycles. The standard InChI is InChI=1S/C14H13BrFNO3S/c1-20-11-3-5-13(17)14(7-11)21(18,19)8-9-6-10(15)2-4-12(9)16/h2-7H,8,17H2,1H3. The maximum Gasteiger partial charge on any atom is 0.184 e. The highest BCUT2D eigenvalue weighted by atomic mass is 79.9. The van der Waals surface area contributed by atoms with Gasteiger partial charge in [0.2, 0.25) is 0 Å². The molecule has 0 heterocycles. The Morgan fingerprint density at radius 3 is 2.62 bits per heavy atom. The van der Waals surface area contributed by atoms with E-state index in [1.54, 1.807) is 6.07 Å². The molecular formula is C14H13BrFNO3S. The van der Waals surface area contributed by atoms with Crippen LogP contribution in [0.1, 0.15) is 5.56 Å². The zero-order valence-electron chi connectivity index (χ0n) is 11.1. The Kier molecular flexibility index (Phi) is 4.53. The van der Waals surface area contributed by atoms with E-state index in [0.717, 1.165) is 0 Å². The molecule has 21 heavy (non-hydrogen) atoms. The Morgan fingerprint density at radius 1 is 1.24 bits per heavy atom. The molecule has 0 aliphatic rings. The molecule has 0 radical (unpaired) electrons. The van der Waals surface area contributed by atoms with Crippen LogP contribution in [0.5, 0.6) is 5.75 Å². The minimum Gasteiger partial charge on any atom is -0.497 e. The summed E-state index contributed by atoms with van der Waals surface area (Å²) in [4.78, 5) is -0.0683. The molecule has 0 atom stereocenters. The van der Waals surface area contributed by atoms with Crippen molar-refractivity contribution >= 4 is 31.5 Å². The van der Waals surface area contributed by atoms with Crippen molar-refractivity contribution in [2.45, 2.75) is 10.6 Å². The normalized spacial score (nSPS) is 11.4. The van der Waals surface area contributed by atoms with Gasteiger partial charge in [0.05, 0.1) is 23.4 Å². The van der Waals surface area contributed by atoms with E-state index in [1.807, 2.05) is 0 Å². The third kappa shape index (κ3) is 3.54. The van der Waals surface area contributed by atoms with E-state index in [4.69, 9.17) is 10.5 Å². The van der Waals surface area contributed by atoms with Crippen molar-refractivity contribution in [3.05, 3.63) is 52.3 Å². The zero-order chi connectivity index (χ0) is 15.6. The van der Waals surface area contributed by atoms with Crippen molar-refractivity contribution in [1.82, 2.24) is 0 Å². The lowest BCUT2D eigenvalue weighted by molar-refractivity contribution is 0.413. The molecule has 0 amide bonds. The van der Waals surface area contributed by atoms with E-state index in [9.17, 15) is 12.8 Å². The molecule has 0 spiro atoms. The van der Waals surface area contributed by atoms with Gasteiger partial charge in [-0.25, -0.2) is 12.8 Å². The second-order valence-corrected chi connectivity index (χ2v) is 7.27. The minimum atomic E-state index is -3.78. The van der Waals surface area contributed by atoms with Crippen LogP contribution in [0.15, 0.2) is 45.8 Å². The third-order valence-electron chi connectivity index (χ3n) is 2.91. The predicted molar refractivity (Wildman–Crippen MR) is 82.4 cm³/mol. The lowest BCUT2D eigenvalue weighted by Crippen LogP contribution is -2.09. The summed E-state index contributed by atoms with van der Waals surface area (Å²) in [7, 11) is -2.36. The van der Waals surface area contributed by atoms with Crippen LogP contribution in [-0.2, 0) is 15.6 Å². The number of methoxy groups -OCH3 is 1. The van der Waals surface area contributed by atoms with Crippen molar-refractivity contribution < 1.29 is 17.5 Å². The molecule has 0 saturated heterocycles. The molecule has 0 fully saturated rings. The first-order valence-electron chi connectivity index (χ1n) is 5.93. The molecular weight excluding hydrogens is 361 g/mol. The minimum absolute atomic E-state index is 0.0683. The smallest absolute Gasteiger partial charge is 0.184 e. The first-order chi connectivity index (χ1) is 9.83. The summed E-state index contributed by atoms with van der Waals surface area (Å²) in [6, 6.07) is 8.50. The molecule has 4 nitrogen and oxygen atoms in total. The first kappa shape index (κ1) is 15.8. The van der Waals surface area contributed by atoms with Crippen LogP contribution in [-0.4, -0.2) is 15.5 Å². The number of nitrogen functional groups attached to an aromatic ring is 1. The van der Waals surface area contributed by atoms with E-state index < -0.39 is 21.4 Å². The van der Waals surface area contributed by atoms with Crippen molar-refractivity contribution in [1.29, 1.82) is 0 Å². The van der Waals surface area contributed by atoms with E-state index in [1.165, 1.54) is 37.4 Å². The van der Waals surface area contributed by atoms with Gasteiger partial charge in [0.15, 0.2) is 9.84 Å². The average molecular weight is 374 g/mol. The molecule has 7 heteroatoms. The molecule has 0 unspecified atom stereocenters. The van der Waals surface area contributed by atoms with Gasteiger partial charge in [-0.05, 0) is 30.3 Å². The quantitative estimate of drug-likeness (QED) is 0.835. The fourth-order valence-electron chi connectivity index (χ4n) is 1.85. The number of hydrogen-bond acceptors (Lipinski definition) is 4. The number of halogens is 2. The molecule has 2 aromatic carbocycles. The Hall–Kier alpha value is -1.60. The Labute approximate surface area is 130 Å². The number of nitrogens with two attached hydrogens (primary N) is 1. The maximum atomic E-state index is 13.7. The largest absolute Gasteiger partial charge is 0.497 e. The number of anilines is 1. The summed E-state index contributed by atoms with van der Waals surface area (Å²) < 4.78 is 44.2. The third-order valence-corrected chi connectivity index (χ3v) is 5.12. The second kappa shape index (κ2) is 6.03. The van der Waals surface area contributed by atoms with Gasteiger partial charge < -0.3 is 10.5 Å². The second-order valence-electron chi connectivity index (χ2n) is 4.40. The fraction of sp³-hybridized carbons (Fsp3) is 0.143. The van der Waals surface area contributed by atoms with Gasteiger partial charge in [0.25, 0.3) is 0 Å². The van der Waals surface area contributed by atoms with E-state index in [2.05, 4.69) is 15.9 Å². The van der Waals surface area contributed by atoms with Gasteiger partial charge in [0, 0.05) is 16.1 Å². The number of ether oxygens (including phenoxy) is 1. The van der Waals surface area contributed by atoms with E-state index in [0.29, 0.717) is 10.2 Å². The number of rotatable bonds is 4. The maximum absolute atomic E-state index is 13.7. The van der Waals surface area contributed by atoms with E-state index in [-0.39, 0.29) is 16.1 Å². The SMILES string of the molecule is COc1ccc(N)c(S(=O)(=O)Cc2cc(Br)ccc2F)c1. The monoisotopic (exact) mass is 373 g/mol.